The average Bonchev–Trinajstić information content (AvgIpc) is 2.87. The van der Waals surface area contributed by atoms with Crippen LogP contribution in [-0.4, -0.2) is 70.7 Å². The first kappa shape index (κ1) is 18.8. The summed E-state index contributed by atoms with van der Waals surface area (Å²) in [6, 6.07) is 0. The fourth-order valence-corrected chi connectivity index (χ4v) is 4.12. The third-order valence-electron chi connectivity index (χ3n) is 4.23. The van der Waals surface area contributed by atoms with E-state index in [4.69, 9.17) is 14.6 Å². The van der Waals surface area contributed by atoms with Crippen molar-refractivity contribution in [3.05, 3.63) is 23.5 Å². The molecule has 2 rings (SSSR count). The Morgan fingerprint density at radius 3 is 2.88 bits per heavy atom. The molecule has 2 heterocycles. The minimum absolute atomic E-state index is 0.186. The van der Waals surface area contributed by atoms with Gasteiger partial charge in [0.15, 0.2) is 6.23 Å². The summed E-state index contributed by atoms with van der Waals surface area (Å²) in [4.78, 5) is 12.5. The summed E-state index contributed by atoms with van der Waals surface area (Å²) in [7, 11) is 1.85. The number of hydrogen-bond donors (Lipinski definition) is 2. The van der Waals surface area contributed by atoms with Gasteiger partial charge in [0.25, 0.3) is 0 Å². The molecule has 0 aromatic rings. The number of halogens is 3. The number of likely N-dealkylation sites (tertiary alicyclic amines) is 1. The third-order valence-corrected chi connectivity index (χ3v) is 5.56. The van der Waals surface area contributed by atoms with E-state index >= 15 is 0 Å². The molecule has 2 aliphatic rings. The van der Waals surface area contributed by atoms with Crippen molar-refractivity contribution >= 4 is 16.2 Å². The number of carbonyl (C=O) groups is 1. The fourth-order valence-electron chi connectivity index (χ4n) is 3.08. The monoisotopic (exact) mass is 366 g/mol. The van der Waals surface area contributed by atoms with Crippen LogP contribution in [0.25, 0.3) is 0 Å². The first-order valence-corrected chi connectivity index (χ1v) is 8.52. The Kier molecular flexibility index (Phi) is 5.61. The number of aliphatic carboxylic acids is 1. The van der Waals surface area contributed by atoms with E-state index in [-0.39, 0.29) is 6.61 Å². The van der Waals surface area contributed by atoms with Crippen LogP contribution in [0, 0.1) is 0 Å². The number of dihydropyridines is 1. The van der Waals surface area contributed by atoms with E-state index in [1.54, 1.807) is 0 Å². The van der Waals surface area contributed by atoms with Gasteiger partial charge in [0.05, 0.1) is 17.9 Å². The topological polar surface area (TPSA) is 71.0 Å². The zero-order chi connectivity index (χ0) is 18.0. The van der Waals surface area contributed by atoms with E-state index < -0.39 is 35.7 Å². The minimum atomic E-state index is -4.50. The summed E-state index contributed by atoms with van der Waals surface area (Å²) in [6.07, 6.45) is -1.54. The molecule has 0 aromatic carbocycles. The first-order chi connectivity index (χ1) is 11.2. The number of methoxy groups -OCH3 is 1. The van der Waals surface area contributed by atoms with Crippen LogP contribution in [0.2, 0.25) is 0 Å². The Balaban J connectivity index is 2.18. The molecule has 2 aliphatic heterocycles. The Morgan fingerprint density at radius 2 is 2.29 bits per heavy atom. The van der Waals surface area contributed by atoms with Gasteiger partial charge in [-0.05, 0) is 18.9 Å². The van der Waals surface area contributed by atoms with Gasteiger partial charge in [-0.2, -0.15) is 13.2 Å². The standard InChI is InChI=1S/C14H21F3N2O4Si/c1-22-12-10(14(15,16)17)5-9(6-18-12)19-4-2-3-13(19,24)8-23-7-11(20)21/h5-6,12,18H,2-4,7-8H2,1,24H3,(H,20,21)/t12?,13-/m1/s1. The molecule has 0 aliphatic carbocycles. The van der Waals surface area contributed by atoms with Crippen LogP contribution < -0.4 is 5.32 Å². The molecule has 1 fully saturated rings. The van der Waals surface area contributed by atoms with E-state index in [0.717, 1.165) is 18.9 Å². The van der Waals surface area contributed by atoms with Crippen molar-refractivity contribution in [3.63, 3.8) is 0 Å². The maximum Gasteiger partial charge on any atom is 0.417 e. The highest BCUT2D eigenvalue weighted by Gasteiger charge is 2.43. The van der Waals surface area contributed by atoms with Crippen molar-refractivity contribution in [2.75, 3.05) is 26.9 Å². The largest absolute Gasteiger partial charge is 0.480 e. The lowest BCUT2D eigenvalue weighted by Crippen LogP contribution is -2.49. The number of nitrogens with one attached hydrogen (secondary N) is 1. The zero-order valence-corrected chi connectivity index (χ0v) is 15.5. The molecule has 0 bridgehead atoms. The average molecular weight is 366 g/mol. The molecule has 136 valence electrons. The highest BCUT2D eigenvalue weighted by Crippen LogP contribution is 2.36. The number of ether oxygens (including phenoxy) is 2. The van der Waals surface area contributed by atoms with Gasteiger partial charge in [0.2, 0.25) is 0 Å². The number of rotatable bonds is 6. The normalized spacial score (nSPS) is 27.7. The van der Waals surface area contributed by atoms with Gasteiger partial charge in [-0.1, -0.05) is 0 Å². The second-order valence-corrected chi connectivity index (χ2v) is 7.95. The quantitative estimate of drug-likeness (QED) is 0.653. The van der Waals surface area contributed by atoms with E-state index in [2.05, 4.69) is 5.32 Å². The molecule has 0 spiro atoms. The van der Waals surface area contributed by atoms with Gasteiger partial charge in [-0.3, -0.25) is 0 Å². The lowest BCUT2D eigenvalue weighted by molar-refractivity contribution is -0.142. The van der Waals surface area contributed by atoms with Gasteiger partial charge >= 0.3 is 12.1 Å². The molecule has 2 atom stereocenters. The molecule has 0 radical (unpaired) electrons. The maximum absolute atomic E-state index is 13.2. The summed E-state index contributed by atoms with van der Waals surface area (Å²) in [5, 5.41) is 10.9. The lowest BCUT2D eigenvalue weighted by atomic mass is 10.1. The first-order valence-electron chi connectivity index (χ1n) is 7.52. The van der Waals surface area contributed by atoms with Gasteiger partial charge < -0.3 is 24.8 Å². The predicted octanol–water partition coefficient (Wildman–Crippen LogP) is 0.151. The third kappa shape index (κ3) is 4.11. The number of carboxylic acid groups (broad SMARTS) is 1. The van der Waals surface area contributed by atoms with Crippen molar-refractivity contribution < 1.29 is 32.5 Å². The molecule has 2 N–H and O–H groups in total. The zero-order valence-electron chi connectivity index (χ0n) is 13.5. The molecule has 6 nitrogen and oxygen atoms in total. The SMILES string of the molecule is COC1NC=C(N2CCC[C@@]2([SiH3])COCC(=O)O)C=C1C(F)(F)F. The minimum Gasteiger partial charge on any atom is -0.480 e. The number of hydrogen-bond acceptors (Lipinski definition) is 5. The Bertz CT molecular complexity index is 553. The van der Waals surface area contributed by atoms with Crippen LogP contribution >= 0.6 is 0 Å². The number of alkyl halides is 3. The summed E-state index contributed by atoms with van der Waals surface area (Å²) in [5.74, 6) is -1.06. The molecule has 0 aromatic heterocycles. The molecule has 1 unspecified atom stereocenters. The number of allylic oxidation sites excluding steroid dienone is 1. The Morgan fingerprint density at radius 1 is 1.58 bits per heavy atom. The molecule has 0 amide bonds. The van der Waals surface area contributed by atoms with Gasteiger partial charge in [0.1, 0.15) is 6.61 Å². The van der Waals surface area contributed by atoms with Crippen LogP contribution in [0.5, 0.6) is 0 Å². The summed E-state index contributed by atoms with van der Waals surface area (Å²) in [6.45, 7) is 0.378. The summed E-state index contributed by atoms with van der Waals surface area (Å²) >= 11 is 0. The van der Waals surface area contributed by atoms with Crippen molar-refractivity contribution in [2.45, 2.75) is 30.4 Å². The second-order valence-electron chi connectivity index (χ2n) is 6.09. The Hall–Kier alpha value is -1.52. The highest BCUT2D eigenvalue weighted by atomic mass is 28.1. The van der Waals surface area contributed by atoms with Crippen LogP contribution in [0.1, 0.15) is 12.8 Å². The van der Waals surface area contributed by atoms with E-state index in [1.165, 1.54) is 13.3 Å². The molecular formula is C14H21F3N2O4Si. The van der Waals surface area contributed by atoms with Crippen molar-refractivity contribution in [1.82, 2.24) is 10.2 Å². The van der Waals surface area contributed by atoms with Crippen LogP contribution in [0.4, 0.5) is 13.2 Å². The lowest BCUT2D eigenvalue weighted by Gasteiger charge is -2.39. The molecule has 1 saturated heterocycles. The smallest absolute Gasteiger partial charge is 0.417 e. The number of carboxylic acids is 1. The van der Waals surface area contributed by atoms with Crippen molar-refractivity contribution in [3.8, 4) is 0 Å². The van der Waals surface area contributed by atoms with Crippen LogP contribution in [0.15, 0.2) is 23.5 Å². The van der Waals surface area contributed by atoms with E-state index in [0.29, 0.717) is 22.5 Å². The second kappa shape index (κ2) is 7.15. The molecule has 24 heavy (non-hydrogen) atoms. The van der Waals surface area contributed by atoms with Crippen LogP contribution in [-0.2, 0) is 14.3 Å². The molecular weight excluding hydrogens is 345 g/mol. The fraction of sp³-hybridized carbons (Fsp3) is 0.643. The highest BCUT2D eigenvalue weighted by molar-refractivity contribution is 6.15. The van der Waals surface area contributed by atoms with Gasteiger partial charge in [-0.25, -0.2) is 4.79 Å². The van der Waals surface area contributed by atoms with Crippen molar-refractivity contribution in [1.29, 1.82) is 0 Å². The maximum atomic E-state index is 13.2. The summed E-state index contributed by atoms with van der Waals surface area (Å²) < 4.78 is 49.7. The Labute approximate surface area is 140 Å². The van der Waals surface area contributed by atoms with E-state index in [9.17, 15) is 18.0 Å². The van der Waals surface area contributed by atoms with Gasteiger partial charge in [0, 0.05) is 35.3 Å². The van der Waals surface area contributed by atoms with Crippen LogP contribution in [0.3, 0.4) is 0 Å². The number of nitrogens with zero attached hydrogens (tertiary/aromatic N) is 1. The van der Waals surface area contributed by atoms with E-state index in [1.807, 2.05) is 4.90 Å². The summed E-state index contributed by atoms with van der Waals surface area (Å²) in [5.41, 5.74) is -0.369. The molecule has 10 heteroatoms. The van der Waals surface area contributed by atoms with Gasteiger partial charge in [-0.15, -0.1) is 0 Å². The van der Waals surface area contributed by atoms with Crippen molar-refractivity contribution in [2.24, 2.45) is 0 Å². The predicted molar refractivity (Wildman–Crippen MR) is 83.2 cm³/mol. The molecule has 0 saturated carbocycles.